The maximum absolute atomic E-state index is 13.1. The van der Waals surface area contributed by atoms with Crippen LogP contribution in [0.5, 0.6) is 5.75 Å². The molecule has 1 N–H and O–H groups in total. The van der Waals surface area contributed by atoms with Gasteiger partial charge in [-0.25, -0.2) is 4.79 Å². The van der Waals surface area contributed by atoms with Crippen LogP contribution in [0.3, 0.4) is 0 Å². The number of rotatable bonds is 4. The van der Waals surface area contributed by atoms with Crippen LogP contribution in [0.2, 0.25) is 0 Å². The molecule has 2 heterocycles. The molecule has 4 aromatic rings. The number of nitrogens with one attached hydrogen (secondary N) is 1. The van der Waals surface area contributed by atoms with Crippen LogP contribution < -0.4 is 21.3 Å². The first-order valence-electron chi connectivity index (χ1n) is 9.53. The average molecular weight is 405 g/mol. The summed E-state index contributed by atoms with van der Waals surface area (Å²) in [5.74, 6) is 1.05. The Hall–Kier alpha value is -3.74. The molecule has 0 atom stereocenters. The van der Waals surface area contributed by atoms with Crippen molar-refractivity contribution in [2.75, 3.05) is 12.4 Å². The zero-order valence-corrected chi connectivity index (χ0v) is 17.6. The fraction of sp³-hybridized carbons (Fsp3) is 0.217. The minimum atomic E-state index is -0.448. The summed E-state index contributed by atoms with van der Waals surface area (Å²) in [7, 11) is 4.64. The number of nitrogens with zero attached hydrogens (tertiary/aromatic N) is 2. The number of fused-ring (bicyclic) bond motifs is 1. The molecule has 0 amide bonds. The quantitative estimate of drug-likeness (QED) is 0.558. The maximum atomic E-state index is 13.1. The van der Waals surface area contributed by atoms with Gasteiger partial charge in [0.1, 0.15) is 11.1 Å². The molecule has 0 unspecified atom stereocenters. The van der Waals surface area contributed by atoms with E-state index in [1.807, 2.05) is 50.2 Å². The van der Waals surface area contributed by atoms with Gasteiger partial charge in [0.25, 0.3) is 5.56 Å². The van der Waals surface area contributed by atoms with Crippen LogP contribution in [-0.4, -0.2) is 16.2 Å². The summed E-state index contributed by atoms with van der Waals surface area (Å²) in [5.41, 5.74) is 3.72. The second-order valence-electron chi connectivity index (χ2n) is 7.37. The summed E-state index contributed by atoms with van der Waals surface area (Å²) in [6.07, 6.45) is 0. The van der Waals surface area contributed by atoms with E-state index in [1.165, 1.54) is 11.6 Å². The third kappa shape index (κ3) is 3.08. The SMILES string of the molecule is COc1cccc(-c2c(Nc3ccc(C)cc3C)oc3c2c(=O)n(C)c(=O)n3C)c1. The Morgan fingerprint density at radius 2 is 1.77 bits per heavy atom. The van der Waals surface area contributed by atoms with E-state index in [4.69, 9.17) is 9.15 Å². The van der Waals surface area contributed by atoms with Crippen molar-refractivity contribution in [1.29, 1.82) is 0 Å². The number of hydrogen-bond donors (Lipinski definition) is 1. The van der Waals surface area contributed by atoms with Crippen molar-refractivity contribution >= 4 is 22.7 Å². The van der Waals surface area contributed by atoms with Crippen molar-refractivity contribution < 1.29 is 9.15 Å². The molecule has 4 rings (SSSR count). The number of aromatic nitrogens is 2. The van der Waals surface area contributed by atoms with Gasteiger partial charge in [-0.2, -0.15) is 0 Å². The van der Waals surface area contributed by atoms with E-state index in [0.717, 1.165) is 26.9 Å². The fourth-order valence-corrected chi connectivity index (χ4v) is 3.64. The number of ether oxygens (including phenoxy) is 1. The van der Waals surface area contributed by atoms with Crippen molar-refractivity contribution in [3.8, 4) is 16.9 Å². The molecule has 2 aromatic heterocycles. The molecule has 0 aliphatic rings. The first-order chi connectivity index (χ1) is 14.3. The highest BCUT2D eigenvalue weighted by Gasteiger charge is 2.24. The highest BCUT2D eigenvalue weighted by molar-refractivity contribution is 5.99. The van der Waals surface area contributed by atoms with E-state index >= 15 is 0 Å². The third-order valence-corrected chi connectivity index (χ3v) is 5.28. The second kappa shape index (κ2) is 7.26. The third-order valence-electron chi connectivity index (χ3n) is 5.28. The Bertz CT molecular complexity index is 1390. The van der Waals surface area contributed by atoms with Crippen LogP contribution in [0.25, 0.3) is 22.2 Å². The number of anilines is 2. The number of hydrogen-bond acceptors (Lipinski definition) is 5. The molecular formula is C23H23N3O4. The van der Waals surface area contributed by atoms with Crippen LogP contribution in [-0.2, 0) is 14.1 Å². The normalized spacial score (nSPS) is 11.1. The molecule has 0 aliphatic heterocycles. The van der Waals surface area contributed by atoms with Crippen molar-refractivity contribution in [3.05, 3.63) is 74.4 Å². The molecule has 0 saturated carbocycles. The first kappa shape index (κ1) is 19.6. The Morgan fingerprint density at radius 3 is 2.47 bits per heavy atom. The van der Waals surface area contributed by atoms with Gasteiger partial charge >= 0.3 is 5.69 Å². The Balaban J connectivity index is 2.06. The zero-order chi connectivity index (χ0) is 21.6. The Kier molecular flexibility index (Phi) is 4.73. The van der Waals surface area contributed by atoms with Crippen LogP contribution in [0, 0.1) is 13.8 Å². The van der Waals surface area contributed by atoms with Gasteiger partial charge in [0.15, 0.2) is 0 Å². The minimum Gasteiger partial charge on any atom is -0.497 e. The number of methoxy groups -OCH3 is 1. The molecule has 30 heavy (non-hydrogen) atoms. The largest absolute Gasteiger partial charge is 0.497 e. The monoisotopic (exact) mass is 405 g/mol. The highest BCUT2D eigenvalue weighted by atomic mass is 16.5. The molecule has 0 fully saturated rings. The molecule has 0 saturated heterocycles. The van der Waals surface area contributed by atoms with E-state index in [-0.39, 0.29) is 5.71 Å². The molecule has 0 bridgehead atoms. The molecule has 0 spiro atoms. The summed E-state index contributed by atoms with van der Waals surface area (Å²) in [4.78, 5) is 25.5. The first-order valence-corrected chi connectivity index (χ1v) is 9.53. The number of furan rings is 1. The lowest BCUT2D eigenvalue weighted by atomic mass is 10.0. The van der Waals surface area contributed by atoms with E-state index < -0.39 is 11.2 Å². The van der Waals surface area contributed by atoms with E-state index in [0.29, 0.717) is 22.6 Å². The van der Waals surface area contributed by atoms with Crippen LogP contribution in [0.1, 0.15) is 11.1 Å². The fourth-order valence-electron chi connectivity index (χ4n) is 3.64. The lowest BCUT2D eigenvalue weighted by Crippen LogP contribution is -2.36. The summed E-state index contributed by atoms with van der Waals surface area (Å²) >= 11 is 0. The standard InChI is InChI=1S/C23H23N3O4/c1-13-9-10-17(14(2)11-13)24-20-18(15-7-6-8-16(12-15)29-5)19-21(27)25(3)23(28)26(4)22(19)30-20/h6-12,24H,1-5H3. The van der Waals surface area contributed by atoms with Gasteiger partial charge in [-0.05, 0) is 43.2 Å². The lowest BCUT2D eigenvalue weighted by Gasteiger charge is -2.10. The summed E-state index contributed by atoms with van der Waals surface area (Å²) in [6.45, 7) is 4.02. The number of aryl methyl sites for hydroxylation is 3. The van der Waals surface area contributed by atoms with Gasteiger partial charge < -0.3 is 14.5 Å². The van der Waals surface area contributed by atoms with Gasteiger partial charge in [0.2, 0.25) is 11.6 Å². The van der Waals surface area contributed by atoms with Crippen LogP contribution in [0.15, 0.2) is 56.5 Å². The van der Waals surface area contributed by atoms with Crippen molar-refractivity contribution in [2.24, 2.45) is 14.1 Å². The van der Waals surface area contributed by atoms with Gasteiger partial charge in [0.05, 0.1) is 12.7 Å². The molecular weight excluding hydrogens is 382 g/mol. The van der Waals surface area contributed by atoms with Gasteiger partial charge in [-0.1, -0.05) is 29.8 Å². The van der Waals surface area contributed by atoms with Crippen molar-refractivity contribution in [1.82, 2.24) is 9.13 Å². The molecule has 0 aliphatic carbocycles. The van der Waals surface area contributed by atoms with Gasteiger partial charge in [-0.15, -0.1) is 0 Å². The molecule has 0 radical (unpaired) electrons. The van der Waals surface area contributed by atoms with Gasteiger partial charge in [-0.3, -0.25) is 13.9 Å². The lowest BCUT2D eigenvalue weighted by molar-refractivity contribution is 0.415. The van der Waals surface area contributed by atoms with E-state index in [9.17, 15) is 9.59 Å². The van der Waals surface area contributed by atoms with E-state index in [2.05, 4.69) is 11.4 Å². The van der Waals surface area contributed by atoms with Crippen molar-refractivity contribution in [2.45, 2.75) is 13.8 Å². The summed E-state index contributed by atoms with van der Waals surface area (Å²) in [6, 6.07) is 13.4. The Morgan fingerprint density at radius 1 is 1.00 bits per heavy atom. The molecule has 154 valence electrons. The maximum Gasteiger partial charge on any atom is 0.333 e. The van der Waals surface area contributed by atoms with Crippen LogP contribution >= 0.6 is 0 Å². The van der Waals surface area contributed by atoms with Crippen molar-refractivity contribution in [3.63, 3.8) is 0 Å². The van der Waals surface area contributed by atoms with E-state index in [1.54, 1.807) is 14.2 Å². The molecule has 7 nitrogen and oxygen atoms in total. The highest BCUT2D eigenvalue weighted by Crippen LogP contribution is 2.39. The average Bonchev–Trinajstić information content (AvgIpc) is 3.12. The zero-order valence-electron chi connectivity index (χ0n) is 17.6. The predicted octanol–water partition coefficient (Wildman–Crippen LogP) is 3.87. The topological polar surface area (TPSA) is 78.4 Å². The molecule has 2 aromatic carbocycles. The second-order valence-corrected chi connectivity index (χ2v) is 7.37. The predicted molar refractivity (Wildman–Crippen MR) is 118 cm³/mol. The molecule has 7 heteroatoms. The van der Waals surface area contributed by atoms with Crippen LogP contribution in [0.4, 0.5) is 11.6 Å². The summed E-state index contributed by atoms with van der Waals surface area (Å²) in [5, 5.41) is 3.65. The summed E-state index contributed by atoms with van der Waals surface area (Å²) < 4.78 is 13.9. The minimum absolute atomic E-state index is 0.216. The van der Waals surface area contributed by atoms with Gasteiger partial charge in [0, 0.05) is 19.8 Å². The smallest absolute Gasteiger partial charge is 0.333 e. The Labute approximate surface area is 173 Å². The number of benzene rings is 2.